The Labute approximate surface area is 135 Å². The van der Waals surface area contributed by atoms with E-state index in [2.05, 4.69) is 6.58 Å². The predicted molar refractivity (Wildman–Crippen MR) is 87.5 cm³/mol. The molecule has 0 bridgehead atoms. The summed E-state index contributed by atoms with van der Waals surface area (Å²) >= 11 is 0. The Morgan fingerprint density at radius 2 is 2.13 bits per heavy atom. The molecule has 0 radical (unpaired) electrons. The number of methoxy groups -OCH3 is 1. The molecule has 0 aliphatic carbocycles. The van der Waals surface area contributed by atoms with E-state index < -0.39 is 5.97 Å². The molecule has 0 spiro atoms. The van der Waals surface area contributed by atoms with Gasteiger partial charge in [-0.15, -0.1) is 0 Å². The van der Waals surface area contributed by atoms with Gasteiger partial charge in [0.25, 0.3) is 0 Å². The van der Waals surface area contributed by atoms with Gasteiger partial charge in [0.05, 0.1) is 12.7 Å². The molecular formula is C18H22O5. The molecule has 2 rings (SSSR count). The molecule has 5 heteroatoms. The molecule has 0 saturated heterocycles. The van der Waals surface area contributed by atoms with E-state index >= 15 is 0 Å². The standard InChI is InChI=1S/C18H22O5/c1-10(6-8-15(19)20)5-7-13-17(21)16-12(3)23-9-14(16)11(2)18(13)22-4/h5,21H,3,6-9H2,1-2,4H3,(H,19,20)/b10-5+. The normalized spacial score (nSPS) is 13.7. The lowest BCUT2D eigenvalue weighted by atomic mass is 9.94. The van der Waals surface area contributed by atoms with Gasteiger partial charge in [0.2, 0.25) is 0 Å². The van der Waals surface area contributed by atoms with Crippen molar-refractivity contribution in [2.45, 2.75) is 39.7 Å². The summed E-state index contributed by atoms with van der Waals surface area (Å²) in [4.78, 5) is 10.6. The Morgan fingerprint density at radius 3 is 2.74 bits per heavy atom. The summed E-state index contributed by atoms with van der Waals surface area (Å²) in [5.74, 6) is 0.421. The minimum atomic E-state index is -0.819. The highest BCUT2D eigenvalue weighted by Gasteiger charge is 2.28. The van der Waals surface area contributed by atoms with Gasteiger partial charge in [-0.1, -0.05) is 18.2 Å². The fourth-order valence-corrected chi connectivity index (χ4v) is 2.81. The average molecular weight is 318 g/mol. The molecule has 23 heavy (non-hydrogen) atoms. The third-order valence-electron chi connectivity index (χ3n) is 4.15. The maximum Gasteiger partial charge on any atom is 0.303 e. The Kier molecular flexibility index (Phi) is 4.98. The highest BCUT2D eigenvalue weighted by molar-refractivity contribution is 5.75. The molecule has 5 nitrogen and oxygen atoms in total. The number of hydrogen-bond acceptors (Lipinski definition) is 4. The van der Waals surface area contributed by atoms with Gasteiger partial charge < -0.3 is 19.7 Å². The van der Waals surface area contributed by atoms with Gasteiger partial charge in [-0.2, -0.15) is 0 Å². The average Bonchev–Trinajstić information content (AvgIpc) is 2.89. The van der Waals surface area contributed by atoms with Crippen molar-refractivity contribution in [1.29, 1.82) is 0 Å². The van der Waals surface area contributed by atoms with Gasteiger partial charge in [-0.05, 0) is 32.3 Å². The minimum Gasteiger partial charge on any atom is -0.507 e. The second-order valence-corrected chi connectivity index (χ2v) is 5.70. The number of rotatable bonds is 6. The van der Waals surface area contributed by atoms with Crippen molar-refractivity contribution in [2.75, 3.05) is 7.11 Å². The van der Waals surface area contributed by atoms with Crippen LogP contribution in [0.15, 0.2) is 18.2 Å². The lowest BCUT2D eigenvalue weighted by molar-refractivity contribution is -0.136. The number of aliphatic carboxylic acids is 1. The van der Waals surface area contributed by atoms with E-state index in [-0.39, 0.29) is 12.2 Å². The van der Waals surface area contributed by atoms with Crippen LogP contribution in [0.2, 0.25) is 0 Å². The molecule has 0 aromatic heterocycles. The lowest BCUT2D eigenvalue weighted by Crippen LogP contribution is -2.01. The smallest absolute Gasteiger partial charge is 0.303 e. The molecule has 0 unspecified atom stereocenters. The van der Waals surface area contributed by atoms with E-state index in [0.29, 0.717) is 42.1 Å². The second kappa shape index (κ2) is 6.77. The van der Waals surface area contributed by atoms with Gasteiger partial charge in [-0.25, -0.2) is 0 Å². The number of hydrogen-bond donors (Lipinski definition) is 2. The van der Waals surface area contributed by atoms with Gasteiger partial charge in [0, 0.05) is 17.5 Å². The first-order valence-corrected chi connectivity index (χ1v) is 7.47. The zero-order chi connectivity index (χ0) is 17.1. The van der Waals surface area contributed by atoms with Crippen molar-refractivity contribution in [3.63, 3.8) is 0 Å². The number of fused-ring (bicyclic) bond motifs is 1. The van der Waals surface area contributed by atoms with Crippen molar-refractivity contribution in [3.05, 3.63) is 40.5 Å². The molecule has 1 heterocycles. The number of phenolic OH excluding ortho intramolecular Hbond substituents is 1. The SMILES string of the molecule is C=C1OCc2c(C)c(OC)c(C/C=C(\C)CCC(=O)O)c(O)c21. The summed E-state index contributed by atoms with van der Waals surface area (Å²) in [6, 6.07) is 0. The third kappa shape index (κ3) is 3.33. The summed E-state index contributed by atoms with van der Waals surface area (Å²) in [6.45, 7) is 8.04. The largest absolute Gasteiger partial charge is 0.507 e. The number of ether oxygens (including phenoxy) is 2. The number of aromatic hydroxyl groups is 1. The Hall–Kier alpha value is -2.43. The van der Waals surface area contributed by atoms with Crippen LogP contribution < -0.4 is 4.74 Å². The van der Waals surface area contributed by atoms with Crippen LogP contribution in [-0.2, 0) is 22.6 Å². The summed E-state index contributed by atoms with van der Waals surface area (Å²) < 4.78 is 10.9. The van der Waals surface area contributed by atoms with Crippen LogP contribution in [0.25, 0.3) is 5.76 Å². The van der Waals surface area contributed by atoms with Crippen LogP contribution in [0.4, 0.5) is 0 Å². The monoisotopic (exact) mass is 318 g/mol. The molecule has 1 aliphatic rings. The molecule has 0 amide bonds. The Balaban J connectivity index is 2.37. The van der Waals surface area contributed by atoms with E-state index in [1.54, 1.807) is 7.11 Å². The topological polar surface area (TPSA) is 76.0 Å². The van der Waals surface area contributed by atoms with E-state index in [0.717, 1.165) is 16.7 Å². The van der Waals surface area contributed by atoms with Crippen LogP contribution >= 0.6 is 0 Å². The Bertz CT molecular complexity index is 685. The molecule has 1 aliphatic heterocycles. The highest BCUT2D eigenvalue weighted by atomic mass is 16.5. The molecule has 2 N–H and O–H groups in total. The van der Waals surface area contributed by atoms with Gasteiger partial charge in [-0.3, -0.25) is 4.79 Å². The third-order valence-corrected chi connectivity index (χ3v) is 4.15. The molecular weight excluding hydrogens is 296 g/mol. The van der Waals surface area contributed by atoms with Gasteiger partial charge in [0.15, 0.2) is 0 Å². The molecule has 0 saturated carbocycles. The lowest BCUT2D eigenvalue weighted by Gasteiger charge is -2.16. The first kappa shape index (κ1) is 16.9. The second-order valence-electron chi connectivity index (χ2n) is 5.70. The van der Waals surface area contributed by atoms with Gasteiger partial charge in [0.1, 0.15) is 23.9 Å². The van der Waals surface area contributed by atoms with E-state index in [1.807, 2.05) is 19.9 Å². The van der Waals surface area contributed by atoms with Crippen molar-refractivity contribution >= 4 is 11.7 Å². The summed E-state index contributed by atoms with van der Waals surface area (Å²) in [5, 5.41) is 19.3. The number of phenols is 1. The van der Waals surface area contributed by atoms with Crippen molar-refractivity contribution in [1.82, 2.24) is 0 Å². The Morgan fingerprint density at radius 1 is 1.43 bits per heavy atom. The number of carboxylic acid groups (broad SMARTS) is 1. The number of carboxylic acids is 1. The fourth-order valence-electron chi connectivity index (χ4n) is 2.81. The molecule has 0 fully saturated rings. The molecule has 0 atom stereocenters. The predicted octanol–water partition coefficient (Wildman–Crippen LogP) is 3.56. The number of allylic oxidation sites excluding steroid dienone is 2. The van der Waals surface area contributed by atoms with Gasteiger partial charge >= 0.3 is 5.97 Å². The molecule has 124 valence electrons. The maximum atomic E-state index is 10.6. The van der Waals surface area contributed by atoms with Crippen LogP contribution in [-0.4, -0.2) is 23.3 Å². The molecule has 1 aromatic rings. The summed E-state index contributed by atoms with van der Waals surface area (Å²) in [5.41, 5.74) is 4.12. The highest BCUT2D eigenvalue weighted by Crippen LogP contribution is 2.45. The quantitative estimate of drug-likeness (QED) is 0.784. The van der Waals surface area contributed by atoms with Crippen molar-refractivity contribution in [3.8, 4) is 11.5 Å². The van der Waals surface area contributed by atoms with E-state index in [9.17, 15) is 9.90 Å². The van der Waals surface area contributed by atoms with E-state index in [1.165, 1.54) is 0 Å². The minimum absolute atomic E-state index is 0.0965. The van der Waals surface area contributed by atoms with Crippen LogP contribution in [0.5, 0.6) is 11.5 Å². The zero-order valence-corrected chi connectivity index (χ0v) is 13.7. The zero-order valence-electron chi connectivity index (χ0n) is 13.7. The number of carbonyl (C=O) groups is 1. The van der Waals surface area contributed by atoms with E-state index in [4.69, 9.17) is 14.6 Å². The first-order chi connectivity index (χ1) is 10.9. The van der Waals surface area contributed by atoms with Crippen LogP contribution in [0, 0.1) is 6.92 Å². The summed E-state index contributed by atoms with van der Waals surface area (Å²) in [6.07, 6.45) is 2.96. The summed E-state index contributed by atoms with van der Waals surface area (Å²) in [7, 11) is 1.57. The van der Waals surface area contributed by atoms with Crippen molar-refractivity contribution in [2.24, 2.45) is 0 Å². The van der Waals surface area contributed by atoms with Crippen molar-refractivity contribution < 1.29 is 24.5 Å². The molecule has 1 aromatic carbocycles. The first-order valence-electron chi connectivity index (χ1n) is 7.47. The maximum absolute atomic E-state index is 10.6. The van der Waals surface area contributed by atoms with Crippen LogP contribution in [0.3, 0.4) is 0 Å². The number of benzene rings is 1. The fraction of sp³-hybridized carbons (Fsp3) is 0.389. The van der Waals surface area contributed by atoms with Crippen LogP contribution in [0.1, 0.15) is 42.0 Å².